The van der Waals surface area contributed by atoms with Crippen LogP contribution in [0.25, 0.3) is 0 Å². The molecule has 162 valence electrons. The van der Waals surface area contributed by atoms with Gasteiger partial charge in [-0.05, 0) is 45.2 Å². The average Bonchev–Trinajstić information content (AvgIpc) is 3.10. The molecule has 0 atom stereocenters. The fraction of sp³-hybridized carbons (Fsp3) is 0.545. The highest BCUT2D eigenvalue weighted by Crippen LogP contribution is 2.20. The Morgan fingerprint density at radius 1 is 1.13 bits per heavy atom. The number of amides is 2. The highest BCUT2D eigenvalue weighted by Gasteiger charge is 2.19. The second-order valence-corrected chi connectivity index (χ2v) is 8.82. The molecule has 1 heterocycles. The number of hydrogen-bond acceptors (Lipinski definition) is 5. The number of thioether (sulfide) groups is 1. The van der Waals surface area contributed by atoms with Crippen LogP contribution in [0, 0.1) is 13.8 Å². The second kappa shape index (κ2) is 10.6. The minimum atomic E-state index is -0.129. The maximum Gasteiger partial charge on any atom is 0.232 e. The predicted molar refractivity (Wildman–Crippen MR) is 120 cm³/mol. The van der Waals surface area contributed by atoms with Crippen molar-refractivity contribution >= 4 is 29.3 Å². The number of hydrogen-bond donors (Lipinski definition) is 2. The zero-order chi connectivity index (χ0) is 21.5. The third kappa shape index (κ3) is 6.08. The summed E-state index contributed by atoms with van der Waals surface area (Å²) in [6.07, 6.45) is 5.93. The molecular formula is C22H31N5O2S. The SMILES string of the molecule is CCn1c(CC(=O)Nc2ccc(C)cc2C)nnc1SCC(=O)NC1CCCCC1. The van der Waals surface area contributed by atoms with E-state index in [1.807, 2.05) is 43.5 Å². The van der Waals surface area contributed by atoms with E-state index in [-0.39, 0.29) is 18.2 Å². The second-order valence-electron chi connectivity index (χ2n) is 7.88. The van der Waals surface area contributed by atoms with Gasteiger partial charge in [-0.2, -0.15) is 0 Å². The molecule has 1 aromatic heterocycles. The number of aromatic nitrogens is 3. The topological polar surface area (TPSA) is 88.9 Å². The van der Waals surface area contributed by atoms with Gasteiger partial charge in [0.05, 0.1) is 12.2 Å². The Bertz CT molecular complexity index is 890. The minimum absolute atomic E-state index is 0.0340. The van der Waals surface area contributed by atoms with Crippen LogP contribution in [0.5, 0.6) is 0 Å². The van der Waals surface area contributed by atoms with Crippen LogP contribution in [0.3, 0.4) is 0 Å². The van der Waals surface area contributed by atoms with Crippen LogP contribution >= 0.6 is 11.8 Å². The first-order valence-corrected chi connectivity index (χ1v) is 11.7. The van der Waals surface area contributed by atoms with E-state index in [0.717, 1.165) is 29.7 Å². The molecule has 7 nitrogen and oxygen atoms in total. The van der Waals surface area contributed by atoms with Crippen LogP contribution in [-0.4, -0.2) is 38.4 Å². The van der Waals surface area contributed by atoms with Crippen molar-refractivity contribution < 1.29 is 9.59 Å². The Kier molecular flexibility index (Phi) is 7.90. The highest BCUT2D eigenvalue weighted by molar-refractivity contribution is 7.99. The molecule has 8 heteroatoms. The van der Waals surface area contributed by atoms with Crippen molar-refractivity contribution in [3.63, 3.8) is 0 Å². The fourth-order valence-corrected chi connectivity index (χ4v) is 4.64. The first-order chi connectivity index (χ1) is 14.5. The third-order valence-electron chi connectivity index (χ3n) is 5.39. The van der Waals surface area contributed by atoms with Crippen LogP contribution in [0.2, 0.25) is 0 Å². The maximum absolute atomic E-state index is 12.5. The minimum Gasteiger partial charge on any atom is -0.353 e. The largest absolute Gasteiger partial charge is 0.353 e. The Morgan fingerprint density at radius 2 is 1.90 bits per heavy atom. The molecule has 0 saturated heterocycles. The van der Waals surface area contributed by atoms with Crippen molar-refractivity contribution in [1.29, 1.82) is 0 Å². The van der Waals surface area contributed by atoms with Crippen LogP contribution in [-0.2, 0) is 22.6 Å². The predicted octanol–water partition coefficient (Wildman–Crippen LogP) is 3.64. The molecule has 1 aliphatic rings. The van der Waals surface area contributed by atoms with Gasteiger partial charge in [-0.15, -0.1) is 10.2 Å². The molecule has 0 spiro atoms. The summed E-state index contributed by atoms with van der Waals surface area (Å²) in [7, 11) is 0. The normalized spacial score (nSPS) is 14.5. The van der Waals surface area contributed by atoms with Crippen molar-refractivity contribution in [1.82, 2.24) is 20.1 Å². The average molecular weight is 430 g/mol. The number of carbonyl (C=O) groups excluding carboxylic acids is 2. The molecular weight excluding hydrogens is 398 g/mol. The van der Waals surface area contributed by atoms with E-state index in [0.29, 0.717) is 29.3 Å². The van der Waals surface area contributed by atoms with Gasteiger partial charge in [0, 0.05) is 18.3 Å². The molecule has 2 aromatic rings. The summed E-state index contributed by atoms with van der Waals surface area (Å²) in [4.78, 5) is 24.8. The van der Waals surface area contributed by atoms with Crippen LogP contribution in [0.15, 0.2) is 23.4 Å². The zero-order valence-corrected chi connectivity index (χ0v) is 18.8. The van der Waals surface area contributed by atoms with Gasteiger partial charge >= 0.3 is 0 Å². The molecule has 30 heavy (non-hydrogen) atoms. The van der Waals surface area contributed by atoms with E-state index in [9.17, 15) is 9.59 Å². The molecule has 2 amide bonds. The number of rotatable bonds is 8. The van der Waals surface area contributed by atoms with E-state index >= 15 is 0 Å². The van der Waals surface area contributed by atoms with E-state index in [1.54, 1.807) is 0 Å². The molecule has 1 fully saturated rings. The summed E-state index contributed by atoms with van der Waals surface area (Å²) >= 11 is 1.37. The Balaban J connectivity index is 1.55. The number of anilines is 1. The van der Waals surface area contributed by atoms with E-state index in [2.05, 4.69) is 20.8 Å². The smallest absolute Gasteiger partial charge is 0.232 e. The van der Waals surface area contributed by atoms with Crippen LogP contribution in [0.1, 0.15) is 56.0 Å². The summed E-state index contributed by atoms with van der Waals surface area (Å²) in [5.41, 5.74) is 2.99. The zero-order valence-electron chi connectivity index (χ0n) is 18.0. The standard InChI is InChI=1S/C22H31N5O2S/c1-4-27-19(13-20(28)24-18-11-10-15(2)12-16(18)3)25-26-22(27)30-14-21(29)23-17-8-6-5-7-9-17/h10-12,17H,4-9,13-14H2,1-3H3,(H,23,29)(H,24,28). The molecule has 0 unspecified atom stereocenters. The molecule has 1 aliphatic carbocycles. The lowest BCUT2D eigenvalue weighted by Gasteiger charge is -2.22. The van der Waals surface area contributed by atoms with Gasteiger partial charge < -0.3 is 15.2 Å². The molecule has 3 rings (SSSR count). The Hall–Kier alpha value is -2.35. The van der Waals surface area contributed by atoms with Crippen LogP contribution < -0.4 is 10.6 Å². The lowest BCUT2D eigenvalue weighted by Crippen LogP contribution is -2.37. The number of carbonyl (C=O) groups is 2. The summed E-state index contributed by atoms with van der Waals surface area (Å²) < 4.78 is 1.90. The van der Waals surface area contributed by atoms with Crippen molar-refractivity contribution in [2.45, 2.75) is 77.0 Å². The summed E-state index contributed by atoms with van der Waals surface area (Å²) in [6, 6.07) is 6.24. The fourth-order valence-electron chi connectivity index (χ4n) is 3.81. The first-order valence-electron chi connectivity index (χ1n) is 10.7. The monoisotopic (exact) mass is 429 g/mol. The molecule has 2 N–H and O–H groups in total. The van der Waals surface area contributed by atoms with Crippen LogP contribution in [0.4, 0.5) is 5.69 Å². The summed E-state index contributed by atoms with van der Waals surface area (Å²) in [6.45, 7) is 6.63. The number of nitrogens with one attached hydrogen (secondary N) is 2. The number of nitrogens with zero attached hydrogens (tertiary/aromatic N) is 3. The van der Waals surface area contributed by atoms with E-state index in [4.69, 9.17) is 0 Å². The van der Waals surface area contributed by atoms with Gasteiger partial charge in [0.2, 0.25) is 11.8 Å². The van der Waals surface area contributed by atoms with Gasteiger partial charge in [0.15, 0.2) is 5.16 Å². The third-order valence-corrected chi connectivity index (χ3v) is 6.35. The first kappa shape index (κ1) is 22.3. The van der Waals surface area contributed by atoms with E-state index in [1.165, 1.54) is 31.0 Å². The van der Waals surface area contributed by atoms with Crippen molar-refractivity contribution in [2.24, 2.45) is 0 Å². The van der Waals surface area contributed by atoms with Gasteiger partial charge in [0.1, 0.15) is 5.82 Å². The van der Waals surface area contributed by atoms with Gasteiger partial charge in [-0.1, -0.05) is 48.7 Å². The van der Waals surface area contributed by atoms with Crippen molar-refractivity contribution in [2.75, 3.05) is 11.1 Å². The number of aryl methyl sites for hydroxylation is 2. The number of benzene rings is 1. The molecule has 1 aromatic carbocycles. The van der Waals surface area contributed by atoms with Gasteiger partial charge in [-0.3, -0.25) is 9.59 Å². The Morgan fingerprint density at radius 3 is 2.60 bits per heavy atom. The van der Waals surface area contributed by atoms with Crippen molar-refractivity contribution in [3.8, 4) is 0 Å². The molecule has 1 saturated carbocycles. The molecule has 0 radical (unpaired) electrons. The van der Waals surface area contributed by atoms with Gasteiger partial charge in [0.25, 0.3) is 0 Å². The Labute approximate surface area is 182 Å². The van der Waals surface area contributed by atoms with E-state index < -0.39 is 0 Å². The summed E-state index contributed by atoms with van der Waals surface area (Å²) in [5, 5.41) is 15.2. The quantitative estimate of drug-likeness (QED) is 0.626. The van der Waals surface area contributed by atoms with Gasteiger partial charge in [-0.25, -0.2) is 0 Å². The maximum atomic E-state index is 12.5. The lowest BCUT2D eigenvalue weighted by molar-refractivity contribution is -0.119. The summed E-state index contributed by atoms with van der Waals surface area (Å²) in [5.74, 6) is 0.820. The molecule has 0 aliphatic heterocycles. The van der Waals surface area contributed by atoms with Crippen molar-refractivity contribution in [3.05, 3.63) is 35.2 Å². The lowest BCUT2D eigenvalue weighted by atomic mass is 9.95. The highest BCUT2D eigenvalue weighted by atomic mass is 32.2. The molecule has 0 bridgehead atoms.